The molecule has 1 N–H and O–H groups in total. The number of hydrogen-bond donors (Lipinski definition) is 1. The van der Waals surface area contributed by atoms with E-state index < -0.39 is 0 Å². The molecule has 1 aromatic carbocycles. The Kier molecular flexibility index (Phi) is 4.26. The van der Waals surface area contributed by atoms with Crippen LogP contribution in [0.3, 0.4) is 0 Å². The molecule has 0 aliphatic carbocycles. The van der Waals surface area contributed by atoms with Crippen molar-refractivity contribution in [2.75, 3.05) is 18.4 Å². The summed E-state index contributed by atoms with van der Waals surface area (Å²) in [6.45, 7) is 1.22. The number of carbonyl (C=O) groups is 1. The van der Waals surface area contributed by atoms with E-state index in [4.69, 9.17) is 0 Å². The summed E-state index contributed by atoms with van der Waals surface area (Å²) in [5, 5.41) is 5.25. The van der Waals surface area contributed by atoms with E-state index in [1.165, 1.54) is 23.5 Å². The summed E-state index contributed by atoms with van der Waals surface area (Å²) in [7, 11) is 0. The summed E-state index contributed by atoms with van der Waals surface area (Å²) in [6, 6.07) is 6.74. The predicted molar refractivity (Wildman–Crippen MR) is 80.7 cm³/mol. The lowest BCUT2D eigenvalue weighted by Gasteiger charge is -2.24. The molecule has 0 bridgehead atoms. The molecule has 21 heavy (non-hydrogen) atoms. The van der Waals surface area contributed by atoms with E-state index in [1.54, 1.807) is 18.3 Å². The quantitative estimate of drug-likeness (QED) is 0.944. The predicted octanol–water partition coefficient (Wildman–Crippen LogP) is 3.06. The number of anilines is 1. The van der Waals surface area contributed by atoms with E-state index in [0.717, 1.165) is 24.9 Å². The van der Waals surface area contributed by atoms with Crippen LogP contribution in [0.1, 0.15) is 24.4 Å². The Morgan fingerprint density at radius 2 is 2.24 bits per heavy atom. The van der Waals surface area contributed by atoms with Gasteiger partial charge in [-0.2, -0.15) is 0 Å². The third-order valence-corrected chi connectivity index (χ3v) is 4.33. The monoisotopic (exact) mass is 305 g/mol. The molecule has 1 fully saturated rings. The highest BCUT2D eigenvalue weighted by Gasteiger charge is 2.27. The number of rotatable bonds is 4. The molecule has 1 atom stereocenters. The zero-order valence-corrected chi connectivity index (χ0v) is 12.3. The molecule has 0 saturated carbocycles. The second kappa shape index (κ2) is 6.32. The maximum absolute atomic E-state index is 13.0. The lowest BCUT2D eigenvalue weighted by molar-refractivity contribution is -0.117. The van der Waals surface area contributed by atoms with Crippen LogP contribution in [0.25, 0.3) is 0 Å². The van der Waals surface area contributed by atoms with Crippen molar-refractivity contribution < 1.29 is 9.18 Å². The Hall–Kier alpha value is -1.79. The van der Waals surface area contributed by atoms with Gasteiger partial charge in [0.15, 0.2) is 5.13 Å². The van der Waals surface area contributed by atoms with Gasteiger partial charge < -0.3 is 5.32 Å². The van der Waals surface area contributed by atoms with Gasteiger partial charge >= 0.3 is 0 Å². The number of nitrogens with one attached hydrogen (secondary N) is 1. The van der Waals surface area contributed by atoms with Gasteiger partial charge in [-0.25, -0.2) is 9.37 Å². The zero-order chi connectivity index (χ0) is 14.7. The first-order valence-corrected chi connectivity index (χ1v) is 7.79. The average molecular weight is 305 g/mol. The standard InChI is InChI=1S/C15H16FN3OS/c16-12-5-3-11(4-6-12)13-2-1-8-19(13)10-14(20)18-15-17-7-9-21-15/h3-7,9,13H,1-2,8,10H2,(H,17,18,20). The average Bonchev–Trinajstić information content (AvgIpc) is 3.11. The molecular weight excluding hydrogens is 289 g/mol. The molecule has 4 nitrogen and oxygen atoms in total. The van der Waals surface area contributed by atoms with Gasteiger partial charge in [0.1, 0.15) is 5.82 Å². The van der Waals surface area contributed by atoms with Crippen molar-refractivity contribution in [1.82, 2.24) is 9.88 Å². The van der Waals surface area contributed by atoms with E-state index in [-0.39, 0.29) is 17.8 Å². The van der Waals surface area contributed by atoms with Gasteiger partial charge in [-0.05, 0) is 37.1 Å². The highest BCUT2D eigenvalue weighted by Crippen LogP contribution is 2.31. The SMILES string of the molecule is O=C(CN1CCCC1c1ccc(F)cc1)Nc1nccs1. The number of benzene rings is 1. The Morgan fingerprint density at radius 3 is 2.95 bits per heavy atom. The molecular formula is C15H16FN3OS. The number of thiazole rings is 1. The first kappa shape index (κ1) is 14.2. The fourth-order valence-corrected chi connectivity index (χ4v) is 3.25. The lowest BCUT2D eigenvalue weighted by atomic mass is 10.0. The van der Waals surface area contributed by atoms with Crippen molar-refractivity contribution in [1.29, 1.82) is 0 Å². The topological polar surface area (TPSA) is 45.2 Å². The molecule has 3 rings (SSSR count). The van der Waals surface area contributed by atoms with Crippen LogP contribution >= 0.6 is 11.3 Å². The second-order valence-corrected chi connectivity index (χ2v) is 5.96. The van der Waals surface area contributed by atoms with Gasteiger partial charge in [0, 0.05) is 17.6 Å². The van der Waals surface area contributed by atoms with E-state index >= 15 is 0 Å². The molecule has 1 saturated heterocycles. The van der Waals surface area contributed by atoms with Crippen LogP contribution in [0, 0.1) is 5.82 Å². The minimum absolute atomic E-state index is 0.0565. The van der Waals surface area contributed by atoms with Gasteiger partial charge in [0.2, 0.25) is 5.91 Å². The van der Waals surface area contributed by atoms with Gasteiger partial charge in [-0.15, -0.1) is 11.3 Å². The van der Waals surface area contributed by atoms with Crippen LogP contribution in [-0.2, 0) is 4.79 Å². The van der Waals surface area contributed by atoms with Crippen molar-refractivity contribution in [2.45, 2.75) is 18.9 Å². The molecule has 110 valence electrons. The second-order valence-electron chi connectivity index (χ2n) is 5.07. The van der Waals surface area contributed by atoms with E-state index in [0.29, 0.717) is 11.7 Å². The van der Waals surface area contributed by atoms with Crippen molar-refractivity contribution in [2.24, 2.45) is 0 Å². The van der Waals surface area contributed by atoms with Crippen molar-refractivity contribution in [3.63, 3.8) is 0 Å². The summed E-state index contributed by atoms with van der Waals surface area (Å²) >= 11 is 1.40. The normalized spacial score (nSPS) is 18.8. The Labute approximate surface area is 126 Å². The Morgan fingerprint density at radius 1 is 1.43 bits per heavy atom. The molecule has 1 aliphatic rings. The first-order chi connectivity index (χ1) is 10.2. The van der Waals surface area contributed by atoms with Crippen LogP contribution in [-0.4, -0.2) is 28.9 Å². The molecule has 0 spiro atoms. The third kappa shape index (κ3) is 3.46. The molecule has 2 aromatic rings. The fraction of sp³-hybridized carbons (Fsp3) is 0.333. The Bertz CT molecular complexity index is 600. The highest BCUT2D eigenvalue weighted by atomic mass is 32.1. The number of nitrogens with zero attached hydrogens (tertiary/aromatic N) is 2. The molecule has 0 radical (unpaired) electrons. The van der Waals surface area contributed by atoms with Gasteiger partial charge in [0.25, 0.3) is 0 Å². The smallest absolute Gasteiger partial charge is 0.240 e. The third-order valence-electron chi connectivity index (χ3n) is 3.64. The zero-order valence-electron chi connectivity index (χ0n) is 11.5. The molecule has 1 unspecified atom stereocenters. The van der Waals surface area contributed by atoms with Crippen molar-refractivity contribution in [3.05, 3.63) is 47.2 Å². The van der Waals surface area contributed by atoms with Crippen molar-refractivity contribution >= 4 is 22.4 Å². The molecule has 1 amide bonds. The maximum atomic E-state index is 13.0. The van der Waals surface area contributed by atoms with E-state index in [1.807, 2.05) is 5.38 Å². The number of amides is 1. The van der Waals surface area contributed by atoms with Gasteiger partial charge in [-0.3, -0.25) is 9.69 Å². The van der Waals surface area contributed by atoms with Crippen LogP contribution in [0.15, 0.2) is 35.8 Å². The van der Waals surface area contributed by atoms with E-state index in [9.17, 15) is 9.18 Å². The summed E-state index contributed by atoms with van der Waals surface area (Å²) in [5.74, 6) is -0.288. The minimum Gasteiger partial charge on any atom is -0.301 e. The number of carbonyl (C=O) groups excluding carboxylic acids is 1. The number of hydrogen-bond acceptors (Lipinski definition) is 4. The lowest BCUT2D eigenvalue weighted by Crippen LogP contribution is -2.32. The fourth-order valence-electron chi connectivity index (χ4n) is 2.71. The molecule has 2 heterocycles. The van der Waals surface area contributed by atoms with Crippen molar-refractivity contribution in [3.8, 4) is 0 Å². The van der Waals surface area contributed by atoms with Crippen LogP contribution in [0.5, 0.6) is 0 Å². The van der Waals surface area contributed by atoms with Crippen LogP contribution in [0.4, 0.5) is 9.52 Å². The van der Waals surface area contributed by atoms with Gasteiger partial charge in [0.05, 0.1) is 6.54 Å². The van der Waals surface area contributed by atoms with E-state index in [2.05, 4.69) is 15.2 Å². The maximum Gasteiger partial charge on any atom is 0.240 e. The number of halogens is 1. The van der Waals surface area contributed by atoms with Crippen LogP contribution < -0.4 is 5.32 Å². The Balaban J connectivity index is 1.64. The number of likely N-dealkylation sites (tertiary alicyclic amines) is 1. The summed E-state index contributed by atoms with van der Waals surface area (Å²) in [6.07, 6.45) is 3.71. The van der Waals surface area contributed by atoms with Gasteiger partial charge in [-0.1, -0.05) is 12.1 Å². The summed E-state index contributed by atoms with van der Waals surface area (Å²) in [4.78, 5) is 18.2. The first-order valence-electron chi connectivity index (χ1n) is 6.91. The van der Waals surface area contributed by atoms with Crippen LogP contribution in [0.2, 0.25) is 0 Å². The molecule has 1 aromatic heterocycles. The number of aromatic nitrogens is 1. The minimum atomic E-state index is -0.232. The summed E-state index contributed by atoms with van der Waals surface area (Å²) < 4.78 is 13.0. The highest BCUT2D eigenvalue weighted by molar-refractivity contribution is 7.13. The molecule has 1 aliphatic heterocycles. The summed E-state index contributed by atoms with van der Waals surface area (Å²) in [5.41, 5.74) is 1.07. The largest absolute Gasteiger partial charge is 0.301 e. The molecule has 6 heteroatoms.